The Kier molecular flexibility index (Phi) is 16.8. The van der Waals surface area contributed by atoms with Crippen molar-refractivity contribution in [3.05, 3.63) is 0 Å². The van der Waals surface area contributed by atoms with Crippen molar-refractivity contribution >= 4 is 5.91 Å². The molecule has 0 aliphatic carbocycles. The fraction of sp³-hybridized carbons (Fsp3) is 0.962. The average molecular weight is 459 g/mol. The fourth-order valence-electron chi connectivity index (χ4n) is 5.15. The highest BCUT2D eigenvalue weighted by Gasteiger charge is 2.36. The van der Waals surface area contributed by atoms with E-state index in [1.165, 1.54) is 109 Å². The summed E-state index contributed by atoms with van der Waals surface area (Å²) >= 11 is 0. The number of likely N-dealkylation sites (tertiary alicyclic amines) is 1. The van der Waals surface area contributed by atoms with Crippen LogP contribution in [0.4, 0.5) is 0 Å². The molecular weight excluding hydrogens is 408 g/mol. The SMILES string of the molecule is CCCCCCCCCCCCCCCCCC[N+]1(CN2CCCC2=O)CCOC1.[Cl-]. The third kappa shape index (κ3) is 12.5. The van der Waals surface area contributed by atoms with Crippen molar-refractivity contribution in [2.24, 2.45) is 0 Å². The van der Waals surface area contributed by atoms with Gasteiger partial charge in [-0.25, -0.2) is 0 Å². The Hall–Kier alpha value is -0.320. The summed E-state index contributed by atoms with van der Waals surface area (Å²) in [7, 11) is 0. The van der Waals surface area contributed by atoms with E-state index in [0.29, 0.717) is 5.91 Å². The van der Waals surface area contributed by atoms with Crippen molar-refractivity contribution in [2.45, 2.75) is 122 Å². The zero-order valence-corrected chi connectivity index (χ0v) is 21.3. The highest BCUT2D eigenvalue weighted by molar-refractivity contribution is 5.77. The average Bonchev–Trinajstić information content (AvgIpc) is 3.37. The van der Waals surface area contributed by atoms with Crippen molar-refractivity contribution in [1.82, 2.24) is 4.90 Å². The maximum absolute atomic E-state index is 12.0. The largest absolute Gasteiger partial charge is 1.00 e. The number of halogens is 1. The molecule has 1 atom stereocenters. The van der Waals surface area contributed by atoms with Crippen LogP contribution < -0.4 is 12.4 Å². The number of nitrogens with zero attached hydrogens (tertiary/aromatic N) is 2. The highest BCUT2D eigenvalue weighted by atomic mass is 35.5. The molecule has 31 heavy (non-hydrogen) atoms. The molecule has 2 aliphatic heterocycles. The first-order valence-corrected chi connectivity index (χ1v) is 13.5. The normalized spacial score (nSPS) is 21.1. The summed E-state index contributed by atoms with van der Waals surface area (Å²) < 4.78 is 6.71. The zero-order valence-electron chi connectivity index (χ0n) is 20.6. The molecule has 0 N–H and O–H groups in total. The molecule has 0 aromatic heterocycles. The van der Waals surface area contributed by atoms with E-state index < -0.39 is 0 Å². The number of amides is 1. The van der Waals surface area contributed by atoms with Gasteiger partial charge in [-0.2, -0.15) is 0 Å². The van der Waals surface area contributed by atoms with E-state index in [-0.39, 0.29) is 12.4 Å². The minimum Gasteiger partial charge on any atom is -1.00 e. The maximum Gasteiger partial charge on any atom is 0.226 e. The Labute approximate surface area is 199 Å². The summed E-state index contributed by atoms with van der Waals surface area (Å²) in [6.07, 6.45) is 24.4. The molecular formula is C26H51ClN2O2. The first-order chi connectivity index (χ1) is 14.8. The number of quaternary nitrogens is 1. The second kappa shape index (κ2) is 18.1. The lowest BCUT2D eigenvalue weighted by Gasteiger charge is -2.35. The highest BCUT2D eigenvalue weighted by Crippen LogP contribution is 2.21. The summed E-state index contributed by atoms with van der Waals surface area (Å²) in [6.45, 7) is 8.07. The Morgan fingerprint density at radius 3 is 1.74 bits per heavy atom. The molecule has 184 valence electrons. The van der Waals surface area contributed by atoms with Crippen LogP contribution in [0.1, 0.15) is 122 Å². The van der Waals surface area contributed by atoms with Crippen LogP contribution in [0.3, 0.4) is 0 Å². The Balaban J connectivity index is 0.00000480. The minimum atomic E-state index is 0. The lowest BCUT2D eigenvalue weighted by molar-refractivity contribution is -0.933. The third-order valence-electron chi connectivity index (χ3n) is 7.20. The number of hydrogen-bond donors (Lipinski definition) is 0. The van der Waals surface area contributed by atoms with Gasteiger partial charge in [-0.3, -0.25) is 14.2 Å². The van der Waals surface area contributed by atoms with E-state index in [1.54, 1.807) is 0 Å². The van der Waals surface area contributed by atoms with Crippen LogP contribution in [0.25, 0.3) is 0 Å². The standard InChI is InChI=1S/C26H51N2O2.ClH/c1-2-3-4-5-6-7-8-9-10-11-12-13-14-15-16-17-21-28(22-23-30-25-28)24-27-20-18-19-26(27)29;/h2-25H2,1H3;1H/q+1;/p-1. The number of carbonyl (C=O) groups is 1. The minimum absolute atomic E-state index is 0. The number of carbonyl (C=O) groups excluding carboxylic acids is 1. The lowest BCUT2D eigenvalue weighted by Crippen LogP contribution is -3.00. The topological polar surface area (TPSA) is 29.5 Å². The van der Waals surface area contributed by atoms with Crippen LogP contribution >= 0.6 is 0 Å². The molecule has 2 rings (SSSR count). The summed E-state index contributed by atoms with van der Waals surface area (Å²) in [4.78, 5) is 14.1. The molecule has 2 fully saturated rings. The van der Waals surface area contributed by atoms with E-state index >= 15 is 0 Å². The zero-order chi connectivity index (χ0) is 21.3. The number of unbranched alkanes of at least 4 members (excludes halogenated alkanes) is 15. The summed E-state index contributed by atoms with van der Waals surface area (Å²) in [5, 5.41) is 0. The molecule has 5 heteroatoms. The Bertz CT molecular complexity index is 441. The van der Waals surface area contributed by atoms with Crippen LogP contribution in [-0.2, 0) is 9.53 Å². The molecule has 0 aromatic carbocycles. The van der Waals surface area contributed by atoms with Crippen LogP contribution in [0.5, 0.6) is 0 Å². The molecule has 0 aromatic rings. The van der Waals surface area contributed by atoms with E-state index in [9.17, 15) is 4.79 Å². The van der Waals surface area contributed by atoms with Crippen molar-refractivity contribution in [3.8, 4) is 0 Å². The smallest absolute Gasteiger partial charge is 0.226 e. The van der Waals surface area contributed by atoms with Crippen LogP contribution in [0.2, 0.25) is 0 Å². The van der Waals surface area contributed by atoms with E-state index in [0.717, 1.165) is 50.4 Å². The predicted octanol–water partition coefficient (Wildman–Crippen LogP) is 3.64. The molecule has 1 unspecified atom stereocenters. The molecule has 4 nitrogen and oxygen atoms in total. The number of rotatable bonds is 19. The van der Waals surface area contributed by atoms with Crippen molar-refractivity contribution in [1.29, 1.82) is 0 Å². The van der Waals surface area contributed by atoms with Gasteiger partial charge in [-0.1, -0.05) is 96.8 Å². The monoisotopic (exact) mass is 458 g/mol. The molecule has 2 aliphatic rings. The van der Waals surface area contributed by atoms with Gasteiger partial charge < -0.3 is 17.1 Å². The first-order valence-electron chi connectivity index (χ1n) is 13.5. The third-order valence-corrected chi connectivity index (χ3v) is 7.20. The van der Waals surface area contributed by atoms with Gasteiger partial charge in [0.1, 0.15) is 13.2 Å². The number of hydrogen-bond acceptors (Lipinski definition) is 2. The predicted molar refractivity (Wildman–Crippen MR) is 126 cm³/mol. The van der Waals surface area contributed by atoms with E-state index in [2.05, 4.69) is 11.8 Å². The molecule has 0 radical (unpaired) electrons. The lowest BCUT2D eigenvalue weighted by atomic mass is 10.0. The number of ether oxygens (including phenoxy) is 1. The van der Waals surface area contributed by atoms with Crippen LogP contribution in [-0.4, -0.2) is 54.9 Å². The van der Waals surface area contributed by atoms with Gasteiger partial charge in [-0.15, -0.1) is 0 Å². The van der Waals surface area contributed by atoms with Gasteiger partial charge in [0.2, 0.25) is 5.91 Å². The maximum atomic E-state index is 12.0. The second-order valence-electron chi connectivity index (χ2n) is 10.0. The molecule has 0 bridgehead atoms. The van der Waals surface area contributed by atoms with E-state index in [1.807, 2.05) is 0 Å². The summed E-state index contributed by atoms with van der Waals surface area (Å²) in [6, 6.07) is 0. The van der Waals surface area contributed by atoms with Gasteiger partial charge in [-0.05, 0) is 19.3 Å². The van der Waals surface area contributed by atoms with Gasteiger partial charge in [0.15, 0.2) is 13.4 Å². The second-order valence-corrected chi connectivity index (χ2v) is 10.0. The Morgan fingerprint density at radius 2 is 1.32 bits per heavy atom. The van der Waals surface area contributed by atoms with Gasteiger partial charge in [0.25, 0.3) is 0 Å². The van der Waals surface area contributed by atoms with Crippen LogP contribution in [0, 0.1) is 0 Å². The van der Waals surface area contributed by atoms with Gasteiger partial charge in [0, 0.05) is 13.0 Å². The quantitative estimate of drug-likeness (QED) is 0.218. The first kappa shape index (κ1) is 28.7. The summed E-state index contributed by atoms with van der Waals surface area (Å²) in [5.74, 6) is 0.353. The molecule has 0 spiro atoms. The van der Waals surface area contributed by atoms with Crippen molar-refractivity contribution in [2.75, 3.05) is 39.6 Å². The molecule has 1 amide bonds. The van der Waals surface area contributed by atoms with Gasteiger partial charge >= 0.3 is 0 Å². The molecule has 2 saturated heterocycles. The van der Waals surface area contributed by atoms with E-state index in [4.69, 9.17) is 4.74 Å². The Morgan fingerprint density at radius 1 is 0.806 bits per heavy atom. The molecule has 2 heterocycles. The molecule has 0 saturated carbocycles. The summed E-state index contributed by atoms with van der Waals surface area (Å²) in [5.41, 5.74) is 0. The van der Waals surface area contributed by atoms with Crippen molar-refractivity contribution in [3.63, 3.8) is 0 Å². The fourth-order valence-corrected chi connectivity index (χ4v) is 5.15. The van der Waals surface area contributed by atoms with Crippen LogP contribution in [0.15, 0.2) is 0 Å². The van der Waals surface area contributed by atoms with Gasteiger partial charge in [0.05, 0.1) is 6.54 Å². The van der Waals surface area contributed by atoms with Crippen molar-refractivity contribution < 1.29 is 26.4 Å².